The Balaban J connectivity index is 0.000000355. The smallest absolute Gasteiger partial charge is 0.322 e. The van der Waals surface area contributed by atoms with Crippen LogP contribution in [0, 0.1) is 6.92 Å². The third kappa shape index (κ3) is 4.88. The average Bonchev–Trinajstić information content (AvgIpc) is 3.05. The topological polar surface area (TPSA) is 33.4 Å². The van der Waals surface area contributed by atoms with E-state index in [1.807, 2.05) is 18.2 Å². The molecule has 130 valence electrons. The number of rotatable bonds is 4. The molecule has 24 heavy (non-hydrogen) atoms. The van der Waals surface area contributed by atoms with E-state index in [2.05, 4.69) is 55.4 Å². The Morgan fingerprint density at radius 2 is 2.00 bits per heavy atom. The van der Waals surface area contributed by atoms with Crippen LogP contribution in [0.2, 0.25) is 5.02 Å². The summed E-state index contributed by atoms with van der Waals surface area (Å²) < 4.78 is 2.26. The highest BCUT2D eigenvalue weighted by Crippen LogP contribution is 2.35. The number of aryl methyl sites for hydroxylation is 1. The van der Waals surface area contributed by atoms with E-state index < -0.39 is 0 Å². The van der Waals surface area contributed by atoms with Crippen molar-refractivity contribution in [1.29, 1.82) is 0 Å². The first kappa shape index (κ1) is 19.1. The highest BCUT2D eigenvalue weighted by Gasteiger charge is 2.21. The van der Waals surface area contributed by atoms with Crippen LogP contribution in [0.15, 0.2) is 34.2 Å². The van der Waals surface area contributed by atoms with Gasteiger partial charge in [-0.3, -0.25) is 0 Å². The Hall–Kier alpha value is -1.24. The third-order valence-corrected chi connectivity index (χ3v) is 5.13. The molecule has 0 saturated carbocycles. The van der Waals surface area contributed by atoms with Crippen LogP contribution in [0.3, 0.4) is 0 Å². The lowest BCUT2D eigenvalue weighted by molar-refractivity contribution is 0.243. The molecule has 1 aliphatic rings. The van der Waals surface area contributed by atoms with E-state index in [0.717, 1.165) is 22.3 Å². The molecular formula is C17H22ClN3OS2. The van der Waals surface area contributed by atoms with Gasteiger partial charge in [-0.15, -0.1) is 0 Å². The van der Waals surface area contributed by atoms with Crippen molar-refractivity contribution in [1.82, 2.24) is 14.6 Å². The Bertz CT molecular complexity index is 731. The lowest BCUT2D eigenvalue weighted by Gasteiger charge is -2.10. The van der Waals surface area contributed by atoms with Gasteiger partial charge in [0.2, 0.25) is 0 Å². The van der Waals surface area contributed by atoms with Crippen LogP contribution in [0.4, 0.5) is 0 Å². The Labute approximate surface area is 158 Å². The zero-order valence-electron chi connectivity index (χ0n) is 14.5. The van der Waals surface area contributed by atoms with E-state index in [0.29, 0.717) is 11.1 Å². The minimum atomic E-state index is 0.424. The SMILES string of the molecule is CCn1c(C)nc(C(C)C)c1Sc1cccc(Cl)c1.CN1OC1=S. The van der Waals surface area contributed by atoms with Crippen LogP contribution in [0.25, 0.3) is 0 Å². The molecule has 2 heterocycles. The zero-order valence-corrected chi connectivity index (χ0v) is 16.9. The van der Waals surface area contributed by atoms with Gasteiger partial charge >= 0.3 is 5.17 Å². The fourth-order valence-electron chi connectivity index (χ4n) is 2.16. The Morgan fingerprint density at radius 3 is 2.46 bits per heavy atom. The largest absolute Gasteiger partial charge is 0.342 e. The fraction of sp³-hybridized carbons (Fsp3) is 0.412. The highest BCUT2D eigenvalue weighted by atomic mass is 35.5. The van der Waals surface area contributed by atoms with Gasteiger partial charge < -0.3 is 9.40 Å². The first-order chi connectivity index (χ1) is 11.3. The number of hydrogen-bond acceptors (Lipinski definition) is 4. The standard InChI is InChI=1S/C15H19ClN2S.C2H3NOS/c1-5-18-11(4)17-14(10(2)3)15(18)19-13-8-6-7-12(16)9-13;1-3-2(5)4-3/h6-10H,5H2,1-4H3;1H3. The van der Waals surface area contributed by atoms with Crippen molar-refractivity contribution >= 4 is 40.8 Å². The molecule has 1 saturated heterocycles. The van der Waals surface area contributed by atoms with Crippen molar-refractivity contribution < 1.29 is 4.84 Å². The van der Waals surface area contributed by atoms with Crippen LogP contribution < -0.4 is 0 Å². The number of hydroxylamine groups is 2. The third-order valence-electron chi connectivity index (χ3n) is 3.45. The van der Waals surface area contributed by atoms with Gasteiger partial charge in [0.1, 0.15) is 10.9 Å². The molecule has 0 atom stereocenters. The van der Waals surface area contributed by atoms with Gasteiger partial charge in [0.15, 0.2) is 0 Å². The zero-order chi connectivity index (χ0) is 17.9. The van der Waals surface area contributed by atoms with Crippen LogP contribution >= 0.6 is 35.6 Å². The molecule has 2 aromatic rings. The van der Waals surface area contributed by atoms with Gasteiger partial charge in [0.25, 0.3) is 0 Å². The second-order valence-electron chi connectivity index (χ2n) is 5.66. The summed E-state index contributed by atoms with van der Waals surface area (Å²) in [5, 5.41) is 4.12. The van der Waals surface area contributed by atoms with Gasteiger partial charge in [-0.05, 0) is 50.2 Å². The minimum absolute atomic E-state index is 0.424. The molecule has 0 radical (unpaired) electrons. The molecule has 0 bridgehead atoms. The van der Waals surface area contributed by atoms with Gasteiger partial charge in [-0.2, -0.15) is 5.06 Å². The number of hydrogen-bond donors (Lipinski definition) is 0. The molecule has 4 nitrogen and oxygen atoms in total. The van der Waals surface area contributed by atoms with Crippen LogP contribution in [0.5, 0.6) is 0 Å². The summed E-state index contributed by atoms with van der Waals surface area (Å²) in [6, 6.07) is 7.97. The maximum absolute atomic E-state index is 6.06. The molecular weight excluding hydrogens is 362 g/mol. The summed E-state index contributed by atoms with van der Waals surface area (Å²) in [6.45, 7) is 9.53. The van der Waals surface area contributed by atoms with Crippen LogP contribution in [-0.4, -0.2) is 26.8 Å². The highest BCUT2D eigenvalue weighted by molar-refractivity contribution is 7.99. The second-order valence-corrected chi connectivity index (χ2v) is 7.51. The minimum Gasteiger partial charge on any atom is -0.342 e. The molecule has 0 unspecified atom stereocenters. The number of thiocarbonyl (C=S) groups is 1. The molecule has 1 aliphatic heterocycles. The van der Waals surface area contributed by atoms with Crippen molar-refractivity contribution in [3.05, 3.63) is 40.8 Å². The maximum Gasteiger partial charge on any atom is 0.322 e. The summed E-state index contributed by atoms with van der Waals surface area (Å²) >= 11 is 12.3. The van der Waals surface area contributed by atoms with Gasteiger partial charge in [-0.1, -0.05) is 43.3 Å². The molecule has 3 rings (SSSR count). The fourth-order valence-corrected chi connectivity index (χ4v) is 3.84. The average molecular weight is 384 g/mol. The Morgan fingerprint density at radius 1 is 1.38 bits per heavy atom. The summed E-state index contributed by atoms with van der Waals surface area (Å²) in [7, 11) is 1.77. The monoisotopic (exact) mass is 383 g/mol. The number of benzene rings is 1. The quantitative estimate of drug-likeness (QED) is 0.529. The predicted molar refractivity (Wildman–Crippen MR) is 104 cm³/mol. The lowest BCUT2D eigenvalue weighted by Crippen LogP contribution is -1.99. The first-order valence-corrected chi connectivity index (χ1v) is 9.39. The number of halogens is 1. The van der Waals surface area contributed by atoms with Crippen molar-refractivity contribution in [2.45, 2.75) is 50.1 Å². The van der Waals surface area contributed by atoms with E-state index in [-0.39, 0.29) is 0 Å². The van der Waals surface area contributed by atoms with Crippen molar-refractivity contribution in [2.24, 2.45) is 0 Å². The molecule has 1 aromatic carbocycles. The number of nitrogens with zero attached hydrogens (tertiary/aromatic N) is 3. The van der Waals surface area contributed by atoms with Crippen molar-refractivity contribution in [3.8, 4) is 0 Å². The van der Waals surface area contributed by atoms with Crippen LogP contribution in [0.1, 0.15) is 38.2 Å². The number of aromatic nitrogens is 2. The molecule has 1 aromatic heterocycles. The summed E-state index contributed by atoms with van der Waals surface area (Å²) in [4.78, 5) is 10.3. The predicted octanol–water partition coefficient (Wildman–Crippen LogP) is 5.29. The van der Waals surface area contributed by atoms with E-state index in [9.17, 15) is 0 Å². The van der Waals surface area contributed by atoms with E-state index in [1.54, 1.807) is 18.8 Å². The summed E-state index contributed by atoms with van der Waals surface area (Å²) in [5.74, 6) is 1.50. The molecule has 0 amide bonds. The molecule has 7 heteroatoms. The maximum atomic E-state index is 6.06. The van der Waals surface area contributed by atoms with Gasteiger partial charge in [-0.25, -0.2) is 4.98 Å². The van der Waals surface area contributed by atoms with E-state index >= 15 is 0 Å². The molecule has 0 N–H and O–H groups in total. The second kappa shape index (κ2) is 8.23. The normalized spacial score (nSPS) is 12.8. The van der Waals surface area contributed by atoms with E-state index in [4.69, 9.17) is 16.6 Å². The van der Waals surface area contributed by atoms with Gasteiger partial charge in [0, 0.05) is 23.5 Å². The molecule has 0 aliphatic carbocycles. The van der Waals surface area contributed by atoms with Crippen molar-refractivity contribution in [2.75, 3.05) is 7.05 Å². The summed E-state index contributed by atoms with van der Waals surface area (Å²) in [5.41, 5.74) is 1.17. The number of imidazole rings is 1. The van der Waals surface area contributed by atoms with Crippen molar-refractivity contribution in [3.63, 3.8) is 0 Å². The van der Waals surface area contributed by atoms with Crippen LogP contribution in [-0.2, 0) is 11.4 Å². The van der Waals surface area contributed by atoms with E-state index in [1.165, 1.54) is 15.8 Å². The Kier molecular flexibility index (Phi) is 6.54. The summed E-state index contributed by atoms with van der Waals surface area (Å²) in [6.07, 6.45) is 0. The van der Waals surface area contributed by atoms with Gasteiger partial charge in [0.05, 0.1) is 5.69 Å². The first-order valence-electron chi connectivity index (χ1n) is 7.79. The molecule has 1 fully saturated rings. The lowest BCUT2D eigenvalue weighted by atomic mass is 10.1. The molecule has 0 spiro atoms.